The highest BCUT2D eigenvalue weighted by Crippen LogP contribution is 2.26. The van der Waals surface area contributed by atoms with Gasteiger partial charge in [-0.3, -0.25) is 13.9 Å². The van der Waals surface area contributed by atoms with Crippen LogP contribution in [0.25, 0.3) is 0 Å². The fourth-order valence-corrected chi connectivity index (χ4v) is 4.58. The van der Waals surface area contributed by atoms with E-state index in [1.807, 2.05) is 50.2 Å². The summed E-state index contributed by atoms with van der Waals surface area (Å²) in [6.45, 7) is 12.1. The largest absolute Gasteiger partial charge is 0.354 e. The van der Waals surface area contributed by atoms with Crippen LogP contribution in [0.5, 0.6) is 0 Å². The van der Waals surface area contributed by atoms with E-state index in [9.17, 15) is 18.0 Å². The molecule has 2 aromatic rings. The summed E-state index contributed by atoms with van der Waals surface area (Å²) in [7, 11) is -3.75. The predicted molar refractivity (Wildman–Crippen MR) is 142 cm³/mol. The number of rotatable bonds is 10. The van der Waals surface area contributed by atoms with Gasteiger partial charge in [-0.05, 0) is 48.9 Å². The van der Waals surface area contributed by atoms with Gasteiger partial charge in [-0.1, -0.05) is 69.7 Å². The van der Waals surface area contributed by atoms with Gasteiger partial charge in [0.05, 0.1) is 11.9 Å². The second kappa shape index (κ2) is 11.7. The smallest absolute Gasteiger partial charge is 0.244 e. The first-order chi connectivity index (χ1) is 16.2. The standard InChI is InChI=1S/C27H39N3O4S/c1-8-16-28-26(32)21(3)29(18-22-11-9-10-20(2)17-22)25(31)19-30(35(7,33)34)24-14-12-23(13-15-24)27(4,5)6/h9-15,17,21H,8,16,18-19H2,1-7H3,(H,28,32). The SMILES string of the molecule is CCCNC(=O)C(C)N(Cc1cccc(C)c1)C(=O)CN(c1ccc(C(C)(C)C)cc1)S(C)(=O)=O. The van der Waals surface area contributed by atoms with Crippen LogP contribution in [0.15, 0.2) is 48.5 Å². The molecule has 2 rings (SSSR count). The lowest BCUT2D eigenvalue weighted by Crippen LogP contribution is -2.51. The lowest BCUT2D eigenvalue weighted by Gasteiger charge is -2.31. The molecular formula is C27H39N3O4S. The highest BCUT2D eigenvalue weighted by atomic mass is 32.2. The molecule has 2 aromatic carbocycles. The molecule has 1 N–H and O–H groups in total. The number of hydrogen-bond acceptors (Lipinski definition) is 4. The molecule has 35 heavy (non-hydrogen) atoms. The molecule has 0 saturated carbocycles. The number of amides is 2. The zero-order chi connectivity index (χ0) is 26.4. The topological polar surface area (TPSA) is 86.8 Å². The van der Waals surface area contributed by atoms with Gasteiger partial charge >= 0.3 is 0 Å². The van der Waals surface area contributed by atoms with Crippen LogP contribution in [0.2, 0.25) is 0 Å². The van der Waals surface area contributed by atoms with Gasteiger partial charge in [0.15, 0.2) is 0 Å². The Morgan fingerprint density at radius 2 is 1.69 bits per heavy atom. The summed E-state index contributed by atoms with van der Waals surface area (Å²) < 4.78 is 26.5. The van der Waals surface area contributed by atoms with Crippen molar-refractivity contribution in [2.75, 3.05) is 23.7 Å². The Balaban J connectivity index is 2.38. The molecule has 0 heterocycles. The average molecular weight is 502 g/mol. The molecule has 0 aliphatic heterocycles. The zero-order valence-corrected chi connectivity index (χ0v) is 22.8. The molecule has 7 nitrogen and oxygen atoms in total. The Bertz CT molecular complexity index is 1120. The third-order valence-corrected chi connectivity index (χ3v) is 6.99. The van der Waals surface area contributed by atoms with Crippen molar-refractivity contribution in [3.05, 3.63) is 65.2 Å². The number of hydrogen-bond donors (Lipinski definition) is 1. The molecule has 192 valence electrons. The van der Waals surface area contributed by atoms with Crippen molar-refractivity contribution in [1.82, 2.24) is 10.2 Å². The van der Waals surface area contributed by atoms with Crippen LogP contribution in [0.3, 0.4) is 0 Å². The van der Waals surface area contributed by atoms with Gasteiger partial charge in [0.25, 0.3) is 0 Å². The number of carbonyl (C=O) groups excluding carboxylic acids is 2. The number of carbonyl (C=O) groups is 2. The van der Waals surface area contributed by atoms with Crippen molar-refractivity contribution < 1.29 is 18.0 Å². The average Bonchev–Trinajstić information content (AvgIpc) is 2.77. The van der Waals surface area contributed by atoms with Gasteiger partial charge < -0.3 is 10.2 Å². The molecule has 1 unspecified atom stereocenters. The molecule has 0 radical (unpaired) electrons. The Morgan fingerprint density at radius 3 is 2.20 bits per heavy atom. The minimum Gasteiger partial charge on any atom is -0.354 e. The Hall–Kier alpha value is -2.87. The fraction of sp³-hybridized carbons (Fsp3) is 0.481. The van der Waals surface area contributed by atoms with Crippen molar-refractivity contribution in [2.24, 2.45) is 0 Å². The van der Waals surface area contributed by atoms with Crippen LogP contribution in [0, 0.1) is 6.92 Å². The van der Waals surface area contributed by atoms with E-state index in [0.717, 1.165) is 33.7 Å². The summed E-state index contributed by atoms with van der Waals surface area (Å²) in [6, 6.07) is 14.1. The van der Waals surface area contributed by atoms with E-state index in [4.69, 9.17) is 0 Å². The number of anilines is 1. The van der Waals surface area contributed by atoms with Gasteiger partial charge in [0, 0.05) is 13.1 Å². The molecule has 2 amide bonds. The first-order valence-electron chi connectivity index (χ1n) is 11.9. The van der Waals surface area contributed by atoms with E-state index in [1.54, 1.807) is 19.1 Å². The van der Waals surface area contributed by atoms with Crippen molar-refractivity contribution in [3.63, 3.8) is 0 Å². The van der Waals surface area contributed by atoms with Gasteiger partial charge in [-0.15, -0.1) is 0 Å². The van der Waals surface area contributed by atoms with Crippen molar-refractivity contribution in [3.8, 4) is 0 Å². The van der Waals surface area contributed by atoms with Crippen LogP contribution >= 0.6 is 0 Å². The van der Waals surface area contributed by atoms with E-state index in [-0.39, 0.29) is 17.9 Å². The Morgan fingerprint density at radius 1 is 1.06 bits per heavy atom. The number of aryl methyl sites for hydroxylation is 1. The maximum atomic E-state index is 13.5. The summed E-state index contributed by atoms with van der Waals surface area (Å²) in [5.74, 6) is -0.718. The number of benzene rings is 2. The quantitative estimate of drug-likeness (QED) is 0.533. The number of sulfonamides is 1. The monoisotopic (exact) mass is 501 g/mol. The molecule has 0 fully saturated rings. The summed E-state index contributed by atoms with van der Waals surface area (Å²) in [6.07, 6.45) is 1.86. The maximum Gasteiger partial charge on any atom is 0.244 e. The lowest BCUT2D eigenvalue weighted by molar-refractivity contribution is -0.139. The second-order valence-corrected chi connectivity index (χ2v) is 12.0. The zero-order valence-electron chi connectivity index (χ0n) is 22.0. The second-order valence-electron chi connectivity index (χ2n) is 10.0. The van der Waals surface area contributed by atoms with E-state index in [2.05, 4.69) is 26.1 Å². The van der Waals surface area contributed by atoms with Gasteiger partial charge in [0.1, 0.15) is 12.6 Å². The van der Waals surface area contributed by atoms with E-state index < -0.39 is 28.5 Å². The van der Waals surface area contributed by atoms with Crippen molar-refractivity contribution in [2.45, 2.75) is 66.0 Å². The fourth-order valence-electron chi connectivity index (χ4n) is 3.73. The molecule has 0 bridgehead atoms. The Labute approximate surface area is 210 Å². The van der Waals surface area contributed by atoms with Gasteiger partial charge in [-0.2, -0.15) is 0 Å². The molecule has 0 saturated heterocycles. The summed E-state index contributed by atoms with van der Waals surface area (Å²) in [5.41, 5.74) is 3.29. The molecule has 8 heteroatoms. The van der Waals surface area contributed by atoms with Gasteiger partial charge in [-0.25, -0.2) is 8.42 Å². The predicted octanol–water partition coefficient (Wildman–Crippen LogP) is 4.00. The third kappa shape index (κ3) is 8.09. The van der Waals surface area contributed by atoms with Crippen molar-refractivity contribution >= 4 is 27.5 Å². The normalized spacial score (nSPS) is 12.7. The van der Waals surface area contributed by atoms with Crippen LogP contribution < -0.4 is 9.62 Å². The van der Waals surface area contributed by atoms with Crippen LogP contribution in [0.1, 0.15) is 57.7 Å². The molecular weight excluding hydrogens is 462 g/mol. The Kier molecular flexibility index (Phi) is 9.49. The van der Waals surface area contributed by atoms with E-state index in [0.29, 0.717) is 12.2 Å². The minimum atomic E-state index is -3.75. The molecule has 0 spiro atoms. The first kappa shape index (κ1) is 28.4. The van der Waals surface area contributed by atoms with E-state index in [1.165, 1.54) is 4.90 Å². The van der Waals surface area contributed by atoms with Gasteiger partial charge in [0.2, 0.25) is 21.8 Å². The summed E-state index contributed by atoms with van der Waals surface area (Å²) in [5, 5.41) is 2.84. The molecule has 0 aromatic heterocycles. The van der Waals surface area contributed by atoms with Crippen molar-refractivity contribution in [1.29, 1.82) is 0 Å². The molecule has 1 atom stereocenters. The number of nitrogens with zero attached hydrogens (tertiary/aromatic N) is 2. The highest BCUT2D eigenvalue weighted by Gasteiger charge is 2.30. The first-order valence-corrected chi connectivity index (χ1v) is 13.8. The van der Waals surface area contributed by atoms with E-state index >= 15 is 0 Å². The minimum absolute atomic E-state index is 0.0871. The summed E-state index contributed by atoms with van der Waals surface area (Å²) in [4.78, 5) is 27.7. The maximum absolute atomic E-state index is 13.5. The lowest BCUT2D eigenvalue weighted by atomic mass is 9.87. The highest BCUT2D eigenvalue weighted by molar-refractivity contribution is 7.92. The van der Waals surface area contributed by atoms with Crippen LogP contribution in [0.4, 0.5) is 5.69 Å². The van der Waals surface area contributed by atoms with Crippen LogP contribution in [-0.2, 0) is 31.6 Å². The molecule has 0 aliphatic rings. The molecule has 0 aliphatic carbocycles. The third-order valence-electron chi connectivity index (χ3n) is 5.85. The number of nitrogens with one attached hydrogen (secondary N) is 1. The van der Waals surface area contributed by atoms with Crippen LogP contribution in [-0.4, -0.2) is 50.5 Å². The summed E-state index contributed by atoms with van der Waals surface area (Å²) >= 11 is 0.